The highest BCUT2D eigenvalue weighted by molar-refractivity contribution is 5.24. The molecule has 0 aliphatic rings. The van der Waals surface area contributed by atoms with Crippen LogP contribution in [-0.4, -0.2) is 22.9 Å². The van der Waals surface area contributed by atoms with E-state index in [9.17, 15) is 0 Å². The fourth-order valence-electron chi connectivity index (χ4n) is 2.14. The molecule has 0 spiro atoms. The Balaban J connectivity index is 2.55. The molecule has 0 atom stereocenters. The van der Waals surface area contributed by atoms with Gasteiger partial charge < -0.3 is 5.32 Å². The minimum Gasteiger partial charge on any atom is -0.316 e. The van der Waals surface area contributed by atoms with Crippen LogP contribution in [-0.2, 0) is 13.0 Å². The van der Waals surface area contributed by atoms with E-state index in [0.29, 0.717) is 0 Å². The van der Waals surface area contributed by atoms with Gasteiger partial charge in [-0.2, -0.15) is 5.10 Å². The summed E-state index contributed by atoms with van der Waals surface area (Å²) in [5, 5.41) is 8.09. The van der Waals surface area contributed by atoms with Gasteiger partial charge in [0.2, 0.25) is 0 Å². The second-order valence-electron chi connectivity index (χ2n) is 4.73. The predicted molar refractivity (Wildman–Crippen MR) is 73.5 cm³/mol. The van der Waals surface area contributed by atoms with Crippen LogP contribution in [0.2, 0.25) is 0 Å². The molecule has 1 heterocycles. The number of aryl methyl sites for hydroxylation is 2. The smallest absolute Gasteiger partial charge is 0.0628 e. The summed E-state index contributed by atoms with van der Waals surface area (Å²) in [6.45, 7) is 12.0. The standard InChI is InChI=1S/C14H27N3/c1-5-7-11-17-13(4)14(12(3)16-17)8-10-15-9-6-2/h15H,5-11H2,1-4H3. The topological polar surface area (TPSA) is 29.9 Å². The molecule has 0 aromatic carbocycles. The lowest BCUT2D eigenvalue weighted by Crippen LogP contribution is -2.18. The fourth-order valence-corrected chi connectivity index (χ4v) is 2.14. The van der Waals surface area contributed by atoms with Crippen LogP contribution < -0.4 is 5.32 Å². The first-order valence-electron chi connectivity index (χ1n) is 6.94. The summed E-state index contributed by atoms with van der Waals surface area (Å²) in [5.41, 5.74) is 4.00. The van der Waals surface area contributed by atoms with Gasteiger partial charge in [0.1, 0.15) is 0 Å². The monoisotopic (exact) mass is 237 g/mol. The van der Waals surface area contributed by atoms with Crippen molar-refractivity contribution in [1.82, 2.24) is 15.1 Å². The minimum atomic E-state index is 1.06. The van der Waals surface area contributed by atoms with E-state index in [1.807, 2.05) is 0 Å². The number of hydrogen-bond donors (Lipinski definition) is 1. The quantitative estimate of drug-likeness (QED) is 0.705. The zero-order chi connectivity index (χ0) is 12.7. The van der Waals surface area contributed by atoms with Crippen LogP contribution in [0.5, 0.6) is 0 Å². The largest absolute Gasteiger partial charge is 0.316 e. The van der Waals surface area contributed by atoms with Gasteiger partial charge in [-0.1, -0.05) is 20.3 Å². The molecule has 98 valence electrons. The molecule has 1 N–H and O–H groups in total. The zero-order valence-electron chi connectivity index (χ0n) is 11.8. The van der Waals surface area contributed by atoms with Crippen LogP contribution in [0.25, 0.3) is 0 Å². The molecular weight excluding hydrogens is 210 g/mol. The fraction of sp³-hybridized carbons (Fsp3) is 0.786. The lowest BCUT2D eigenvalue weighted by molar-refractivity contribution is 0.555. The van der Waals surface area contributed by atoms with Crippen molar-refractivity contribution in [2.24, 2.45) is 0 Å². The summed E-state index contributed by atoms with van der Waals surface area (Å²) in [5.74, 6) is 0. The summed E-state index contributed by atoms with van der Waals surface area (Å²) in [6, 6.07) is 0. The highest BCUT2D eigenvalue weighted by atomic mass is 15.3. The molecule has 1 aromatic heterocycles. The van der Waals surface area contributed by atoms with E-state index >= 15 is 0 Å². The maximum absolute atomic E-state index is 4.64. The van der Waals surface area contributed by atoms with Gasteiger partial charge >= 0.3 is 0 Å². The number of unbranched alkanes of at least 4 members (excludes halogenated alkanes) is 1. The lowest BCUT2D eigenvalue weighted by atomic mass is 10.1. The van der Waals surface area contributed by atoms with Gasteiger partial charge in [-0.3, -0.25) is 4.68 Å². The Bertz CT molecular complexity index is 328. The van der Waals surface area contributed by atoms with Crippen molar-refractivity contribution in [3.63, 3.8) is 0 Å². The molecule has 1 rings (SSSR count). The number of rotatable bonds is 8. The number of nitrogens with zero attached hydrogens (tertiary/aromatic N) is 2. The number of hydrogen-bond acceptors (Lipinski definition) is 2. The van der Waals surface area contributed by atoms with Crippen molar-refractivity contribution in [3.05, 3.63) is 17.0 Å². The third-order valence-electron chi connectivity index (χ3n) is 3.23. The van der Waals surface area contributed by atoms with E-state index in [-0.39, 0.29) is 0 Å². The predicted octanol–water partition coefficient (Wildman–Crippen LogP) is 2.84. The first-order valence-corrected chi connectivity index (χ1v) is 6.94. The molecule has 17 heavy (non-hydrogen) atoms. The van der Waals surface area contributed by atoms with E-state index in [0.717, 1.165) is 26.1 Å². The second-order valence-corrected chi connectivity index (χ2v) is 4.73. The molecule has 0 bridgehead atoms. The highest BCUT2D eigenvalue weighted by Gasteiger charge is 2.10. The number of aromatic nitrogens is 2. The zero-order valence-corrected chi connectivity index (χ0v) is 11.8. The van der Waals surface area contributed by atoms with E-state index in [1.54, 1.807) is 0 Å². The van der Waals surface area contributed by atoms with Crippen molar-refractivity contribution in [1.29, 1.82) is 0 Å². The van der Waals surface area contributed by atoms with E-state index in [4.69, 9.17) is 0 Å². The molecule has 3 nitrogen and oxygen atoms in total. The summed E-state index contributed by atoms with van der Waals surface area (Å²) in [4.78, 5) is 0. The molecule has 0 aliphatic heterocycles. The van der Waals surface area contributed by atoms with Crippen molar-refractivity contribution in [2.45, 2.75) is 59.9 Å². The Labute approximate surface area is 106 Å². The summed E-state index contributed by atoms with van der Waals surface area (Å²) < 4.78 is 2.17. The van der Waals surface area contributed by atoms with Crippen LogP contribution in [0.3, 0.4) is 0 Å². The molecule has 0 saturated carbocycles. The third-order valence-corrected chi connectivity index (χ3v) is 3.23. The van der Waals surface area contributed by atoms with Gasteiger partial charge in [-0.15, -0.1) is 0 Å². The average Bonchev–Trinajstić information content (AvgIpc) is 2.58. The molecule has 0 fully saturated rings. The van der Waals surface area contributed by atoms with Crippen LogP contribution in [0.1, 0.15) is 50.1 Å². The Hall–Kier alpha value is -0.830. The molecule has 1 aromatic rings. The Morgan fingerprint density at radius 3 is 2.53 bits per heavy atom. The van der Waals surface area contributed by atoms with Gasteiger partial charge in [0.05, 0.1) is 5.69 Å². The summed E-state index contributed by atoms with van der Waals surface area (Å²) >= 11 is 0. The van der Waals surface area contributed by atoms with Crippen LogP contribution in [0.15, 0.2) is 0 Å². The summed E-state index contributed by atoms with van der Waals surface area (Å²) in [6.07, 6.45) is 4.75. The maximum Gasteiger partial charge on any atom is 0.0628 e. The first kappa shape index (κ1) is 14.2. The molecule has 0 amide bonds. The third kappa shape index (κ3) is 4.15. The van der Waals surface area contributed by atoms with Crippen molar-refractivity contribution in [2.75, 3.05) is 13.1 Å². The van der Waals surface area contributed by atoms with Crippen molar-refractivity contribution >= 4 is 0 Å². The van der Waals surface area contributed by atoms with Crippen molar-refractivity contribution in [3.8, 4) is 0 Å². The Kier molecular flexibility index (Phi) is 6.27. The van der Waals surface area contributed by atoms with Gasteiger partial charge in [-0.05, 0) is 51.8 Å². The van der Waals surface area contributed by atoms with E-state index in [1.165, 1.54) is 36.2 Å². The lowest BCUT2D eigenvalue weighted by Gasteiger charge is -2.05. The second kappa shape index (κ2) is 7.49. The molecular formula is C14H27N3. The van der Waals surface area contributed by atoms with Crippen LogP contribution in [0, 0.1) is 13.8 Å². The molecule has 0 radical (unpaired) electrons. The van der Waals surface area contributed by atoms with Crippen LogP contribution >= 0.6 is 0 Å². The Morgan fingerprint density at radius 2 is 1.88 bits per heavy atom. The van der Waals surface area contributed by atoms with Gasteiger partial charge in [0.15, 0.2) is 0 Å². The normalized spacial score (nSPS) is 11.1. The van der Waals surface area contributed by atoms with Gasteiger partial charge in [0, 0.05) is 12.2 Å². The first-order chi connectivity index (χ1) is 8.20. The molecule has 0 saturated heterocycles. The molecule has 3 heteroatoms. The van der Waals surface area contributed by atoms with Gasteiger partial charge in [0.25, 0.3) is 0 Å². The minimum absolute atomic E-state index is 1.06. The van der Waals surface area contributed by atoms with E-state index < -0.39 is 0 Å². The molecule has 0 aliphatic carbocycles. The number of nitrogens with one attached hydrogen (secondary N) is 1. The summed E-state index contributed by atoms with van der Waals surface area (Å²) in [7, 11) is 0. The van der Waals surface area contributed by atoms with Gasteiger partial charge in [-0.25, -0.2) is 0 Å². The van der Waals surface area contributed by atoms with E-state index in [2.05, 4.69) is 42.8 Å². The average molecular weight is 237 g/mol. The van der Waals surface area contributed by atoms with Crippen LogP contribution in [0.4, 0.5) is 0 Å². The molecule has 0 unspecified atom stereocenters. The highest BCUT2D eigenvalue weighted by Crippen LogP contribution is 2.14. The van der Waals surface area contributed by atoms with Crippen molar-refractivity contribution < 1.29 is 0 Å². The Morgan fingerprint density at radius 1 is 1.12 bits per heavy atom. The SMILES string of the molecule is CCCCn1nc(C)c(CCNCCC)c1C. The maximum atomic E-state index is 4.64.